The van der Waals surface area contributed by atoms with E-state index in [1.165, 1.54) is 0 Å². The number of carbonyl (C=O) groups excluding carboxylic acids is 2. The van der Waals surface area contributed by atoms with E-state index in [9.17, 15) is 9.59 Å². The van der Waals surface area contributed by atoms with Gasteiger partial charge in [0, 0.05) is 34.5 Å². The summed E-state index contributed by atoms with van der Waals surface area (Å²) in [5, 5.41) is 3.29. The molecule has 0 fully saturated rings. The molecule has 2 aromatic carbocycles. The van der Waals surface area contributed by atoms with Gasteiger partial charge >= 0.3 is 0 Å². The summed E-state index contributed by atoms with van der Waals surface area (Å²) in [6.07, 6.45) is 3.39. The monoisotopic (exact) mass is 423 g/mol. The average Bonchev–Trinajstić information content (AvgIpc) is 3.33. The third kappa shape index (κ3) is 2.76. The van der Waals surface area contributed by atoms with Crippen LogP contribution in [0.2, 0.25) is 0 Å². The maximum absolute atomic E-state index is 13.6. The van der Waals surface area contributed by atoms with Crippen LogP contribution >= 0.6 is 0 Å². The maximum Gasteiger partial charge on any atom is 0.246 e. The molecular weight excluding hydrogens is 404 g/mol. The van der Waals surface area contributed by atoms with Gasteiger partial charge in [-0.1, -0.05) is 30.3 Å². The first-order chi connectivity index (χ1) is 15.6. The predicted molar refractivity (Wildman–Crippen MR) is 117 cm³/mol. The molecule has 2 heterocycles. The van der Waals surface area contributed by atoms with E-state index >= 15 is 0 Å². The molecule has 2 aliphatic carbocycles. The molecule has 0 bridgehead atoms. The van der Waals surface area contributed by atoms with Gasteiger partial charge in [0.25, 0.3) is 0 Å². The number of furan rings is 1. The number of hydrogen-bond acceptors (Lipinski definition) is 5. The molecule has 6 rings (SSSR count). The van der Waals surface area contributed by atoms with E-state index in [1.807, 2.05) is 37.3 Å². The first-order valence-electron chi connectivity index (χ1n) is 10.4. The van der Waals surface area contributed by atoms with Gasteiger partial charge in [-0.15, -0.1) is 0 Å². The second-order valence-corrected chi connectivity index (χ2v) is 8.08. The summed E-state index contributed by atoms with van der Waals surface area (Å²) in [4.78, 5) is 30.5. The number of hydrogen-bond donors (Lipinski definition) is 2. The molecule has 0 amide bonds. The van der Waals surface area contributed by atoms with Crippen molar-refractivity contribution in [2.45, 2.75) is 13.5 Å². The SMILES string of the molecule is Cc1ccc2c(c1)OC1=CC(NCc3ccco3)=C3C(=O)c4ccccc4C(=O)C3C1=[NH+]2. The number of ketones is 2. The minimum absolute atomic E-state index is 0.125. The van der Waals surface area contributed by atoms with Gasteiger partial charge < -0.3 is 14.5 Å². The Hall–Kier alpha value is -4.19. The van der Waals surface area contributed by atoms with E-state index in [4.69, 9.17) is 9.15 Å². The Kier molecular flexibility index (Phi) is 4.01. The molecule has 3 aromatic rings. The highest BCUT2D eigenvalue weighted by Gasteiger charge is 2.49. The summed E-state index contributed by atoms with van der Waals surface area (Å²) < 4.78 is 11.6. The zero-order valence-corrected chi connectivity index (χ0v) is 17.3. The quantitative estimate of drug-likeness (QED) is 0.677. The Balaban J connectivity index is 1.53. The second-order valence-electron chi connectivity index (χ2n) is 8.08. The van der Waals surface area contributed by atoms with Gasteiger partial charge in [-0.25, -0.2) is 4.99 Å². The molecule has 0 spiro atoms. The van der Waals surface area contributed by atoms with Crippen molar-refractivity contribution in [3.63, 3.8) is 0 Å². The number of fused-ring (bicyclic) bond motifs is 5. The normalized spacial score (nSPS) is 18.6. The number of rotatable bonds is 3. The van der Waals surface area contributed by atoms with Crippen molar-refractivity contribution in [2.75, 3.05) is 0 Å². The van der Waals surface area contributed by atoms with Crippen LogP contribution < -0.4 is 15.0 Å². The minimum Gasteiger partial charge on any atom is -0.467 e. The summed E-state index contributed by atoms with van der Waals surface area (Å²) in [5.41, 5.74) is 4.27. The second kappa shape index (κ2) is 6.92. The predicted octanol–water partition coefficient (Wildman–Crippen LogP) is 2.77. The molecule has 1 aliphatic heterocycles. The van der Waals surface area contributed by atoms with E-state index in [1.54, 1.807) is 36.6 Å². The van der Waals surface area contributed by atoms with E-state index in [0.717, 1.165) is 17.0 Å². The van der Waals surface area contributed by atoms with Crippen molar-refractivity contribution in [1.29, 1.82) is 0 Å². The first-order valence-corrected chi connectivity index (χ1v) is 10.4. The fourth-order valence-corrected chi connectivity index (χ4v) is 4.48. The molecule has 1 aromatic heterocycles. The highest BCUT2D eigenvalue weighted by molar-refractivity contribution is 6.32. The highest BCUT2D eigenvalue weighted by atomic mass is 16.5. The third-order valence-corrected chi connectivity index (χ3v) is 6.01. The van der Waals surface area contributed by atoms with Crippen LogP contribution in [0.3, 0.4) is 0 Å². The van der Waals surface area contributed by atoms with Crippen molar-refractivity contribution >= 4 is 23.0 Å². The van der Waals surface area contributed by atoms with Crippen molar-refractivity contribution in [1.82, 2.24) is 5.32 Å². The minimum atomic E-state index is -0.772. The average molecular weight is 423 g/mol. The zero-order chi connectivity index (χ0) is 21.8. The third-order valence-electron chi connectivity index (χ3n) is 6.01. The summed E-state index contributed by atoms with van der Waals surface area (Å²) in [6.45, 7) is 2.37. The Labute approximate surface area is 183 Å². The number of nitrogens with one attached hydrogen (secondary N) is 2. The van der Waals surface area contributed by atoms with E-state index in [0.29, 0.717) is 46.2 Å². The molecule has 0 saturated heterocycles. The van der Waals surface area contributed by atoms with Crippen molar-refractivity contribution in [3.05, 3.63) is 106 Å². The fourth-order valence-electron chi connectivity index (χ4n) is 4.48. The van der Waals surface area contributed by atoms with Crippen LogP contribution in [-0.4, -0.2) is 17.3 Å². The summed E-state index contributed by atoms with van der Waals surface area (Å²) in [5.74, 6) is 0.877. The molecule has 3 aliphatic rings. The molecule has 1 atom stereocenters. The van der Waals surface area contributed by atoms with E-state index in [2.05, 4.69) is 10.3 Å². The first kappa shape index (κ1) is 18.6. The Morgan fingerprint density at radius 3 is 2.69 bits per heavy atom. The van der Waals surface area contributed by atoms with Gasteiger partial charge in [0.05, 0.1) is 12.8 Å². The molecule has 2 N–H and O–H groups in total. The number of carbonyl (C=O) groups is 2. The summed E-state index contributed by atoms with van der Waals surface area (Å²) in [7, 11) is 0. The van der Waals surface area contributed by atoms with E-state index in [-0.39, 0.29) is 11.6 Å². The topological polar surface area (TPSA) is 82.5 Å². The van der Waals surface area contributed by atoms with Crippen LogP contribution in [0.5, 0.6) is 5.75 Å². The Morgan fingerprint density at radius 1 is 1.03 bits per heavy atom. The smallest absolute Gasteiger partial charge is 0.246 e. The van der Waals surface area contributed by atoms with Gasteiger partial charge in [-0.2, -0.15) is 0 Å². The molecule has 156 valence electrons. The van der Waals surface area contributed by atoms with Crippen molar-refractivity contribution in [3.8, 4) is 5.75 Å². The number of aryl methyl sites for hydroxylation is 1. The standard InChI is InChI=1S/C26H18N2O4/c1-14-8-9-18-20(11-14)32-21-12-19(27-13-15-5-4-10-31-15)22-23(24(21)28-18)26(30)17-7-3-2-6-16(17)25(22)29/h2-12,23,27H,13H2,1H3/p+1. The lowest BCUT2D eigenvalue weighted by Crippen LogP contribution is -2.72. The molecule has 0 saturated carbocycles. The number of allylic oxidation sites excluding steroid dienone is 3. The zero-order valence-electron chi connectivity index (χ0n) is 17.3. The highest BCUT2D eigenvalue weighted by Crippen LogP contribution is 2.38. The van der Waals surface area contributed by atoms with Crippen molar-refractivity contribution in [2.24, 2.45) is 5.92 Å². The fraction of sp³-hybridized carbons (Fsp3) is 0.115. The molecule has 0 radical (unpaired) electrons. The number of benzene rings is 2. The maximum atomic E-state index is 13.6. The van der Waals surface area contributed by atoms with Crippen LogP contribution in [0.15, 0.2) is 88.4 Å². The van der Waals surface area contributed by atoms with E-state index < -0.39 is 5.92 Å². The van der Waals surface area contributed by atoms with Gasteiger partial charge in [0.1, 0.15) is 11.7 Å². The largest absolute Gasteiger partial charge is 0.467 e. The van der Waals surface area contributed by atoms with Gasteiger partial charge in [-0.05, 0) is 30.7 Å². The van der Waals surface area contributed by atoms with Crippen LogP contribution in [0.1, 0.15) is 32.0 Å². The number of Topliss-reactive ketones (excluding diaryl/α,β-unsaturated/α-hetero) is 2. The summed E-state index contributed by atoms with van der Waals surface area (Å²) >= 11 is 0. The van der Waals surface area contributed by atoms with Gasteiger partial charge in [0.2, 0.25) is 11.4 Å². The lowest BCUT2D eigenvalue weighted by atomic mass is 9.72. The molecule has 32 heavy (non-hydrogen) atoms. The Morgan fingerprint density at radius 2 is 1.88 bits per heavy atom. The van der Waals surface area contributed by atoms with Crippen LogP contribution in [0.4, 0.5) is 5.69 Å². The molecule has 6 nitrogen and oxygen atoms in total. The lowest BCUT2D eigenvalue weighted by Gasteiger charge is -2.31. The molecular formula is C26H19N2O4+. The van der Waals surface area contributed by atoms with Crippen LogP contribution in [-0.2, 0) is 6.54 Å². The Bertz CT molecular complexity index is 1390. The van der Waals surface area contributed by atoms with Crippen molar-refractivity contribution < 1.29 is 23.7 Å². The lowest BCUT2D eigenvalue weighted by molar-refractivity contribution is -0.361. The van der Waals surface area contributed by atoms with Crippen LogP contribution in [0, 0.1) is 12.8 Å². The molecule has 6 heteroatoms. The van der Waals surface area contributed by atoms with Gasteiger partial charge in [-0.3, -0.25) is 9.59 Å². The van der Waals surface area contributed by atoms with Crippen LogP contribution in [0.25, 0.3) is 0 Å². The molecule has 1 unspecified atom stereocenters. The summed E-state index contributed by atoms with van der Waals surface area (Å²) in [6, 6.07) is 16.5. The van der Waals surface area contributed by atoms with Gasteiger partial charge in [0.15, 0.2) is 23.1 Å². The number of ether oxygens (including phenoxy) is 1.